The summed E-state index contributed by atoms with van der Waals surface area (Å²) in [4.78, 5) is 21.5. The summed E-state index contributed by atoms with van der Waals surface area (Å²) in [5.74, 6) is 2.37. The quantitative estimate of drug-likeness (QED) is 0.493. The summed E-state index contributed by atoms with van der Waals surface area (Å²) in [7, 11) is 0. The van der Waals surface area contributed by atoms with Gasteiger partial charge in [-0.1, -0.05) is 56.4 Å². The fraction of sp³-hybridized carbons (Fsp3) is 0.435. The number of aryl methyl sites for hydroxylation is 1. The Morgan fingerprint density at radius 1 is 1.23 bits per heavy atom. The van der Waals surface area contributed by atoms with Crippen LogP contribution in [-0.4, -0.2) is 15.9 Å². The minimum atomic E-state index is 0.00783. The van der Waals surface area contributed by atoms with Crippen LogP contribution < -0.4 is 5.32 Å². The highest BCUT2D eigenvalue weighted by Crippen LogP contribution is 2.32. The molecular formula is C23H27N3O2S2. The molecule has 7 heteroatoms. The number of thioether (sulfide) groups is 1. The van der Waals surface area contributed by atoms with Gasteiger partial charge >= 0.3 is 0 Å². The highest BCUT2D eigenvalue weighted by Gasteiger charge is 2.25. The standard InChI is InChI=1S/C23H27N3O2S2/c1-23(2,3)11-18-12-24-19(28-18)14-29-20-13-25-22(30-20)26-21(27)17-9-8-15-6-4-5-7-16(15)10-17/h4-7,12-13,17H,8-11,14H2,1-3H3,(H,25,26,27). The van der Waals surface area contributed by atoms with Crippen molar-refractivity contribution in [1.29, 1.82) is 0 Å². The van der Waals surface area contributed by atoms with Gasteiger partial charge < -0.3 is 9.73 Å². The second-order valence-electron chi connectivity index (χ2n) is 8.93. The Morgan fingerprint density at radius 2 is 2.03 bits per heavy atom. The number of fused-ring (bicyclic) bond motifs is 1. The first-order chi connectivity index (χ1) is 14.4. The van der Waals surface area contributed by atoms with E-state index in [9.17, 15) is 4.79 Å². The van der Waals surface area contributed by atoms with Crippen LogP contribution in [0.15, 0.2) is 45.3 Å². The van der Waals surface area contributed by atoms with Gasteiger partial charge in [0.2, 0.25) is 11.8 Å². The van der Waals surface area contributed by atoms with Gasteiger partial charge in [0.05, 0.1) is 22.4 Å². The van der Waals surface area contributed by atoms with Gasteiger partial charge in [0.25, 0.3) is 0 Å². The normalized spacial score (nSPS) is 16.3. The van der Waals surface area contributed by atoms with Crippen molar-refractivity contribution in [3.05, 3.63) is 59.4 Å². The Labute approximate surface area is 185 Å². The molecule has 2 aromatic heterocycles. The van der Waals surface area contributed by atoms with Crippen molar-refractivity contribution in [2.45, 2.75) is 56.4 Å². The molecule has 4 rings (SSSR count). The van der Waals surface area contributed by atoms with Crippen LogP contribution in [0.3, 0.4) is 0 Å². The molecule has 0 spiro atoms. The molecule has 1 amide bonds. The monoisotopic (exact) mass is 441 g/mol. The van der Waals surface area contributed by atoms with E-state index in [0.29, 0.717) is 10.9 Å². The van der Waals surface area contributed by atoms with Crippen molar-refractivity contribution in [2.75, 3.05) is 5.32 Å². The molecule has 30 heavy (non-hydrogen) atoms. The van der Waals surface area contributed by atoms with E-state index in [-0.39, 0.29) is 17.2 Å². The number of benzene rings is 1. The van der Waals surface area contributed by atoms with Gasteiger partial charge in [0, 0.05) is 12.3 Å². The smallest absolute Gasteiger partial charge is 0.229 e. The van der Waals surface area contributed by atoms with Crippen molar-refractivity contribution in [1.82, 2.24) is 9.97 Å². The summed E-state index contributed by atoms with van der Waals surface area (Å²) in [5.41, 5.74) is 2.83. The first kappa shape index (κ1) is 21.1. The lowest BCUT2D eigenvalue weighted by atomic mass is 9.83. The molecule has 1 N–H and O–H groups in total. The number of nitrogens with one attached hydrogen (secondary N) is 1. The summed E-state index contributed by atoms with van der Waals surface area (Å²) in [6.45, 7) is 6.55. The Hall–Kier alpha value is -2.12. The zero-order valence-electron chi connectivity index (χ0n) is 17.6. The van der Waals surface area contributed by atoms with Crippen molar-refractivity contribution < 1.29 is 9.21 Å². The summed E-state index contributed by atoms with van der Waals surface area (Å²) in [6, 6.07) is 8.40. The van der Waals surface area contributed by atoms with Crippen LogP contribution >= 0.6 is 23.1 Å². The molecule has 0 aliphatic heterocycles. The van der Waals surface area contributed by atoms with E-state index in [1.54, 1.807) is 18.0 Å². The number of rotatable bonds is 6. The van der Waals surface area contributed by atoms with Crippen molar-refractivity contribution >= 4 is 34.1 Å². The SMILES string of the molecule is CC(C)(C)Cc1cnc(CSc2cnc(NC(=O)C3CCc4ccccc4C3)s2)o1. The van der Waals surface area contributed by atoms with Gasteiger partial charge in [-0.15, -0.1) is 11.8 Å². The van der Waals surface area contributed by atoms with E-state index in [1.165, 1.54) is 22.5 Å². The van der Waals surface area contributed by atoms with E-state index in [4.69, 9.17) is 4.42 Å². The molecule has 2 heterocycles. The number of carbonyl (C=O) groups is 1. The van der Waals surface area contributed by atoms with Crippen LogP contribution in [0.5, 0.6) is 0 Å². The van der Waals surface area contributed by atoms with Gasteiger partial charge in [-0.05, 0) is 35.8 Å². The number of oxazole rings is 1. The van der Waals surface area contributed by atoms with Gasteiger partial charge in [-0.3, -0.25) is 4.79 Å². The Kier molecular flexibility index (Phi) is 6.29. The second-order valence-corrected chi connectivity index (χ2v) is 11.2. The second kappa shape index (κ2) is 8.94. The predicted octanol–water partition coefficient (Wildman–Crippen LogP) is 5.76. The summed E-state index contributed by atoms with van der Waals surface area (Å²) in [5, 5.41) is 3.66. The third-order valence-corrected chi connectivity index (χ3v) is 7.17. The number of hydrogen-bond donors (Lipinski definition) is 1. The highest BCUT2D eigenvalue weighted by molar-refractivity contribution is 8.00. The molecule has 1 atom stereocenters. The number of anilines is 1. The van der Waals surface area contributed by atoms with E-state index in [0.717, 1.165) is 41.5 Å². The van der Waals surface area contributed by atoms with Crippen LogP contribution in [0.25, 0.3) is 0 Å². The Morgan fingerprint density at radius 3 is 2.83 bits per heavy atom. The summed E-state index contributed by atoms with van der Waals surface area (Å²) in [6.07, 6.45) is 7.14. The molecule has 158 valence electrons. The molecule has 0 bridgehead atoms. The number of aromatic nitrogens is 2. The van der Waals surface area contributed by atoms with Crippen LogP contribution in [0.4, 0.5) is 5.13 Å². The first-order valence-electron chi connectivity index (χ1n) is 10.3. The molecule has 1 aliphatic carbocycles. The third kappa shape index (κ3) is 5.52. The maximum Gasteiger partial charge on any atom is 0.229 e. The van der Waals surface area contributed by atoms with Crippen LogP contribution in [0.1, 0.15) is 50.0 Å². The fourth-order valence-corrected chi connectivity index (χ4v) is 5.39. The Balaban J connectivity index is 1.29. The number of nitrogens with zero attached hydrogens (tertiary/aromatic N) is 2. The lowest BCUT2D eigenvalue weighted by molar-refractivity contribution is -0.120. The predicted molar refractivity (Wildman–Crippen MR) is 122 cm³/mol. The molecule has 1 aromatic carbocycles. The highest BCUT2D eigenvalue weighted by atomic mass is 32.2. The topological polar surface area (TPSA) is 68.0 Å². The zero-order valence-corrected chi connectivity index (χ0v) is 19.2. The molecule has 1 aliphatic rings. The van der Waals surface area contributed by atoms with Crippen LogP contribution in [0.2, 0.25) is 0 Å². The van der Waals surface area contributed by atoms with Crippen LogP contribution in [0, 0.1) is 11.3 Å². The summed E-state index contributed by atoms with van der Waals surface area (Å²) >= 11 is 3.12. The third-order valence-electron chi connectivity index (χ3n) is 5.08. The lowest BCUT2D eigenvalue weighted by Gasteiger charge is -2.23. The van der Waals surface area contributed by atoms with Crippen molar-refractivity contribution in [2.24, 2.45) is 11.3 Å². The zero-order chi connectivity index (χ0) is 21.1. The van der Waals surface area contributed by atoms with E-state index in [2.05, 4.69) is 54.3 Å². The molecule has 1 unspecified atom stereocenters. The molecule has 3 aromatic rings. The maximum atomic E-state index is 12.7. The van der Waals surface area contributed by atoms with E-state index < -0.39 is 0 Å². The van der Waals surface area contributed by atoms with Gasteiger partial charge in [0.1, 0.15) is 5.76 Å². The molecular weight excluding hydrogens is 414 g/mol. The summed E-state index contributed by atoms with van der Waals surface area (Å²) < 4.78 is 6.88. The molecule has 0 saturated heterocycles. The fourth-order valence-electron chi connectivity index (χ4n) is 3.66. The molecule has 5 nitrogen and oxygen atoms in total. The van der Waals surface area contributed by atoms with Crippen molar-refractivity contribution in [3.63, 3.8) is 0 Å². The largest absolute Gasteiger partial charge is 0.445 e. The minimum Gasteiger partial charge on any atom is -0.445 e. The molecule has 0 fully saturated rings. The molecule has 0 saturated carbocycles. The van der Waals surface area contributed by atoms with Gasteiger partial charge in [-0.25, -0.2) is 9.97 Å². The van der Waals surface area contributed by atoms with Gasteiger partial charge in [0.15, 0.2) is 5.13 Å². The van der Waals surface area contributed by atoms with Crippen LogP contribution in [-0.2, 0) is 29.8 Å². The minimum absolute atomic E-state index is 0.00783. The van der Waals surface area contributed by atoms with Crippen molar-refractivity contribution in [3.8, 4) is 0 Å². The number of hydrogen-bond acceptors (Lipinski definition) is 6. The van der Waals surface area contributed by atoms with E-state index in [1.807, 2.05) is 12.3 Å². The Bertz CT molecular complexity index is 1020. The van der Waals surface area contributed by atoms with E-state index >= 15 is 0 Å². The average molecular weight is 442 g/mol. The number of carbonyl (C=O) groups excluding carboxylic acids is 1. The average Bonchev–Trinajstić information content (AvgIpc) is 3.34. The first-order valence-corrected chi connectivity index (χ1v) is 12.1. The maximum absolute atomic E-state index is 12.7. The number of amides is 1. The number of thiazole rings is 1. The van der Waals surface area contributed by atoms with Gasteiger partial charge in [-0.2, -0.15) is 0 Å². The lowest BCUT2D eigenvalue weighted by Crippen LogP contribution is -2.28. The molecule has 0 radical (unpaired) electrons.